The van der Waals surface area contributed by atoms with Crippen LogP contribution in [0.15, 0.2) is 47.0 Å². The molecule has 27 heavy (non-hydrogen) atoms. The van der Waals surface area contributed by atoms with E-state index in [0.717, 1.165) is 11.3 Å². The zero-order chi connectivity index (χ0) is 19.2. The van der Waals surface area contributed by atoms with E-state index in [4.69, 9.17) is 26.1 Å². The third-order valence-electron chi connectivity index (χ3n) is 3.75. The number of rotatable bonds is 6. The number of hydrogen-bond donors (Lipinski definition) is 1. The second-order valence-electron chi connectivity index (χ2n) is 5.59. The average molecular weight is 383 g/mol. The molecule has 3 rings (SSSR count). The van der Waals surface area contributed by atoms with Crippen LogP contribution < -0.4 is 10.1 Å². The number of halogens is 1. The maximum atomic E-state index is 12.1. The molecule has 1 aromatic heterocycles. The van der Waals surface area contributed by atoms with Crippen LogP contribution in [0.1, 0.15) is 17.9 Å². The molecule has 136 valence electrons. The highest BCUT2D eigenvalue weighted by Crippen LogP contribution is 2.21. The predicted molar refractivity (Wildman–Crippen MR) is 99.4 cm³/mol. The second kappa shape index (κ2) is 8.34. The van der Waals surface area contributed by atoms with Crippen LogP contribution in [0, 0.1) is 11.3 Å². The molecular weight excluding hydrogens is 368 g/mol. The number of methoxy groups -OCH3 is 1. The number of nitriles is 1. The summed E-state index contributed by atoms with van der Waals surface area (Å²) in [4.78, 5) is 16.4. The van der Waals surface area contributed by atoms with Gasteiger partial charge in [0, 0.05) is 24.1 Å². The van der Waals surface area contributed by atoms with Crippen LogP contribution in [-0.2, 0) is 11.2 Å². The topological polar surface area (TPSA) is 101 Å². The summed E-state index contributed by atoms with van der Waals surface area (Å²) >= 11 is 5.87. The van der Waals surface area contributed by atoms with Crippen LogP contribution in [0.2, 0.25) is 5.02 Å². The molecule has 0 aliphatic carbocycles. The summed E-state index contributed by atoms with van der Waals surface area (Å²) in [6.07, 6.45) is 0.461. The van der Waals surface area contributed by atoms with Crippen LogP contribution >= 0.6 is 11.6 Å². The summed E-state index contributed by atoms with van der Waals surface area (Å²) in [5.41, 5.74) is 1.60. The molecule has 7 nitrogen and oxygen atoms in total. The zero-order valence-electron chi connectivity index (χ0n) is 14.4. The Morgan fingerprint density at radius 1 is 1.30 bits per heavy atom. The smallest absolute Gasteiger partial charge is 0.227 e. The highest BCUT2D eigenvalue weighted by Gasteiger charge is 2.11. The molecule has 3 aromatic rings. The number of carbonyl (C=O) groups is 1. The molecule has 1 heterocycles. The van der Waals surface area contributed by atoms with Gasteiger partial charge in [-0.15, -0.1) is 0 Å². The van der Waals surface area contributed by atoms with Gasteiger partial charge >= 0.3 is 0 Å². The quantitative estimate of drug-likeness (QED) is 0.695. The molecule has 2 aromatic carbocycles. The van der Waals surface area contributed by atoms with Gasteiger partial charge in [-0.25, -0.2) is 0 Å². The van der Waals surface area contributed by atoms with Gasteiger partial charge < -0.3 is 14.6 Å². The van der Waals surface area contributed by atoms with Crippen molar-refractivity contribution >= 4 is 23.2 Å². The van der Waals surface area contributed by atoms with Crippen molar-refractivity contribution < 1.29 is 14.1 Å². The fourth-order valence-electron chi connectivity index (χ4n) is 2.35. The number of carbonyl (C=O) groups excluding carboxylic acids is 1. The molecule has 0 aliphatic heterocycles. The maximum Gasteiger partial charge on any atom is 0.227 e. The lowest BCUT2D eigenvalue weighted by Crippen LogP contribution is -2.12. The number of nitrogens with zero attached hydrogens (tertiary/aromatic N) is 3. The van der Waals surface area contributed by atoms with Gasteiger partial charge in [0.05, 0.1) is 17.7 Å². The lowest BCUT2D eigenvalue weighted by atomic mass is 10.2. The minimum Gasteiger partial charge on any atom is -0.497 e. The van der Waals surface area contributed by atoms with Crippen molar-refractivity contribution in [3.05, 3.63) is 58.9 Å². The monoisotopic (exact) mass is 382 g/mol. The Hall–Kier alpha value is -3.37. The molecular formula is C19H15ClN4O3. The Morgan fingerprint density at radius 2 is 2.07 bits per heavy atom. The lowest BCUT2D eigenvalue weighted by molar-refractivity contribution is -0.116. The van der Waals surface area contributed by atoms with Crippen molar-refractivity contribution in [2.75, 3.05) is 12.4 Å². The summed E-state index contributed by atoms with van der Waals surface area (Å²) in [5.74, 6) is 1.32. The Labute approximate surface area is 160 Å². The molecule has 0 unspecified atom stereocenters. The van der Waals surface area contributed by atoms with E-state index in [1.807, 2.05) is 18.2 Å². The summed E-state index contributed by atoms with van der Waals surface area (Å²) in [6.45, 7) is 0. The summed E-state index contributed by atoms with van der Waals surface area (Å²) in [5, 5.41) is 16.0. The Balaban J connectivity index is 1.58. The number of aromatic nitrogens is 2. The average Bonchev–Trinajstić information content (AvgIpc) is 3.17. The van der Waals surface area contributed by atoms with Crippen molar-refractivity contribution in [1.29, 1.82) is 5.26 Å². The van der Waals surface area contributed by atoms with E-state index in [-0.39, 0.29) is 12.3 Å². The third kappa shape index (κ3) is 4.63. The van der Waals surface area contributed by atoms with E-state index in [2.05, 4.69) is 15.5 Å². The molecule has 0 atom stereocenters. The van der Waals surface area contributed by atoms with Gasteiger partial charge in [-0.2, -0.15) is 10.2 Å². The molecule has 0 saturated heterocycles. The molecule has 1 amide bonds. The van der Waals surface area contributed by atoms with Crippen molar-refractivity contribution in [2.24, 2.45) is 0 Å². The lowest BCUT2D eigenvalue weighted by Gasteiger charge is -2.05. The van der Waals surface area contributed by atoms with Gasteiger partial charge in [-0.1, -0.05) is 16.8 Å². The highest BCUT2D eigenvalue weighted by molar-refractivity contribution is 6.31. The van der Waals surface area contributed by atoms with E-state index in [0.29, 0.717) is 34.4 Å². The zero-order valence-corrected chi connectivity index (χ0v) is 15.2. The molecule has 0 spiro atoms. The van der Waals surface area contributed by atoms with Crippen LogP contribution in [0.25, 0.3) is 11.4 Å². The van der Waals surface area contributed by atoms with Gasteiger partial charge in [0.2, 0.25) is 17.6 Å². The third-order valence-corrected chi connectivity index (χ3v) is 4.08. The van der Waals surface area contributed by atoms with Gasteiger partial charge in [0.25, 0.3) is 0 Å². The number of hydrogen-bond acceptors (Lipinski definition) is 6. The summed E-state index contributed by atoms with van der Waals surface area (Å²) in [7, 11) is 1.59. The van der Waals surface area contributed by atoms with Crippen molar-refractivity contribution in [3.63, 3.8) is 0 Å². The number of ether oxygens (including phenoxy) is 1. The SMILES string of the molecule is COc1ccc(-c2noc(CCC(=O)Nc3ccc(Cl)c(C#N)c3)n2)cc1. The number of benzene rings is 2. The van der Waals surface area contributed by atoms with Gasteiger partial charge in [-0.05, 0) is 42.5 Å². The fourth-order valence-corrected chi connectivity index (χ4v) is 2.51. The first kappa shape index (κ1) is 18.4. The fraction of sp³-hybridized carbons (Fsp3) is 0.158. The molecule has 0 bridgehead atoms. The van der Waals surface area contributed by atoms with Crippen LogP contribution in [0.5, 0.6) is 5.75 Å². The van der Waals surface area contributed by atoms with E-state index >= 15 is 0 Å². The second-order valence-corrected chi connectivity index (χ2v) is 6.00. The highest BCUT2D eigenvalue weighted by atomic mass is 35.5. The first-order chi connectivity index (χ1) is 13.1. The van der Waals surface area contributed by atoms with Gasteiger partial charge in [0.1, 0.15) is 11.8 Å². The Bertz CT molecular complexity index is 993. The largest absolute Gasteiger partial charge is 0.497 e. The first-order valence-electron chi connectivity index (χ1n) is 8.05. The first-order valence-corrected chi connectivity index (χ1v) is 8.43. The van der Waals surface area contributed by atoms with E-state index in [1.54, 1.807) is 31.4 Å². The van der Waals surface area contributed by atoms with Crippen LogP contribution in [0.3, 0.4) is 0 Å². The normalized spacial score (nSPS) is 10.3. The molecule has 0 saturated carbocycles. The van der Waals surface area contributed by atoms with Gasteiger partial charge in [-0.3, -0.25) is 4.79 Å². The Kier molecular flexibility index (Phi) is 5.69. The van der Waals surface area contributed by atoms with Gasteiger partial charge in [0.15, 0.2) is 0 Å². The Morgan fingerprint density at radius 3 is 2.78 bits per heavy atom. The number of aryl methyl sites for hydroxylation is 1. The van der Waals surface area contributed by atoms with Crippen molar-refractivity contribution in [2.45, 2.75) is 12.8 Å². The molecule has 1 N–H and O–H groups in total. The van der Waals surface area contributed by atoms with Crippen LogP contribution in [0.4, 0.5) is 5.69 Å². The summed E-state index contributed by atoms with van der Waals surface area (Å²) < 4.78 is 10.3. The van der Waals surface area contributed by atoms with Crippen LogP contribution in [-0.4, -0.2) is 23.2 Å². The van der Waals surface area contributed by atoms with E-state index < -0.39 is 0 Å². The summed E-state index contributed by atoms with van der Waals surface area (Å²) in [6, 6.07) is 14.0. The number of anilines is 1. The number of amides is 1. The minimum absolute atomic E-state index is 0.161. The number of nitrogens with one attached hydrogen (secondary N) is 1. The molecule has 0 fully saturated rings. The maximum absolute atomic E-state index is 12.1. The standard InChI is InChI=1S/C19H15ClN4O3/c1-26-15-5-2-12(3-6-15)19-23-18(27-24-19)9-8-17(25)22-14-4-7-16(20)13(10-14)11-21/h2-7,10H,8-9H2,1H3,(H,22,25). The van der Waals surface area contributed by atoms with E-state index in [9.17, 15) is 4.79 Å². The molecule has 8 heteroatoms. The molecule has 0 aliphatic rings. The molecule has 0 radical (unpaired) electrons. The predicted octanol–water partition coefficient (Wildman–Crippen LogP) is 3.84. The van der Waals surface area contributed by atoms with Crippen molar-refractivity contribution in [3.8, 4) is 23.2 Å². The van der Waals surface area contributed by atoms with E-state index in [1.165, 1.54) is 6.07 Å². The van der Waals surface area contributed by atoms with Crippen molar-refractivity contribution in [1.82, 2.24) is 10.1 Å². The minimum atomic E-state index is -0.231.